The van der Waals surface area contributed by atoms with Crippen LogP contribution in [0.15, 0.2) is 18.2 Å². The largest absolute Gasteiger partial charge is 0.506 e. The lowest BCUT2D eigenvalue weighted by Crippen LogP contribution is -1.82. The van der Waals surface area contributed by atoms with Gasteiger partial charge >= 0.3 is 0 Å². The minimum atomic E-state index is 0.0420. The molecule has 0 unspecified atom stereocenters. The van der Waals surface area contributed by atoms with Crippen molar-refractivity contribution in [2.75, 3.05) is 5.75 Å². The molecule has 0 spiro atoms. The molecular weight excluding hydrogens is 232 g/mol. The second kappa shape index (κ2) is 5.69. The van der Waals surface area contributed by atoms with E-state index in [1.165, 1.54) is 13.0 Å². The van der Waals surface area contributed by atoms with Crippen molar-refractivity contribution in [3.8, 4) is 17.6 Å². The number of hydrogen-bond acceptors (Lipinski definition) is 3. The Hall–Kier alpha value is -1.11. The van der Waals surface area contributed by atoms with Crippen molar-refractivity contribution in [1.82, 2.24) is 0 Å². The highest BCUT2D eigenvalue weighted by molar-refractivity contribution is 8.13. The number of halogens is 1. The molecule has 0 atom stereocenters. The molecule has 1 N–H and O–H groups in total. The topological polar surface area (TPSA) is 37.3 Å². The van der Waals surface area contributed by atoms with E-state index in [-0.39, 0.29) is 15.9 Å². The summed E-state index contributed by atoms with van der Waals surface area (Å²) in [6.07, 6.45) is 0. The number of aromatic hydroxyl groups is 1. The fourth-order valence-corrected chi connectivity index (χ4v) is 1.39. The summed E-state index contributed by atoms with van der Waals surface area (Å²) in [5.41, 5.74) is 0.724. The van der Waals surface area contributed by atoms with Gasteiger partial charge < -0.3 is 5.11 Å². The molecule has 4 heteroatoms. The number of phenols is 1. The smallest absolute Gasteiger partial charge is 0.186 e. The first kappa shape index (κ1) is 12.0. The van der Waals surface area contributed by atoms with Crippen LogP contribution >= 0.6 is 23.4 Å². The van der Waals surface area contributed by atoms with E-state index in [4.69, 9.17) is 16.7 Å². The molecule has 0 aliphatic heterocycles. The molecule has 78 valence electrons. The van der Waals surface area contributed by atoms with Crippen molar-refractivity contribution in [1.29, 1.82) is 0 Å². The number of hydrogen-bond donors (Lipinski definition) is 1. The first-order valence-corrected chi connectivity index (χ1v) is 5.56. The first-order valence-electron chi connectivity index (χ1n) is 4.20. The van der Waals surface area contributed by atoms with Crippen LogP contribution in [0.5, 0.6) is 5.75 Å². The van der Waals surface area contributed by atoms with Crippen LogP contribution in [-0.4, -0.2) is 16.0 Å². The minimum absolute atomic E-state index is 0.0420. The van der Waals surface area contributed by atoms with E-state index in [0.29, 0.717) is 5.75 Å². The van der Waals surface area contributed by atoms with Crippen molar-refractivity contribution in [2.45, 2.75) is 6.92 Å². The molecule has 0 aliphatic carbocycles. The molecule has 0 saturated heterocycles. The Balaban J connectivity index is 2.64. The molecule has 0 aliphatic rings. The molecule has 0 fully saturated rings. The van der Waals surface area contributed by atoms with E-state index < -0.39 is 0 Å². The SMILES string of the molecule is CC(=O)SCC#Cc1ccc(O)c(Cl)c1. The zero-order valence-corrected chi connectivity index (χ0v) is 9.65. The van der Waals surface area contributed by atoms with Crippen molar-refractivity contribution in [2.24, 2.45) is 0 Å². The molecule has 1 aromatic rings. The van der Waals surface area contributed by atoms with E-state index in [1.54, 1.807) is 12.1 Å². The molecule has 0 bridgehead atoms. The Labute approximate surface area is 97.6 Å². The average molecular weight is 241 g/mol. The molecule has 1 aromatic carbocycles. The van der Waals surface area contributed by atoms with Crippen LogP contribution in [0.4, 0.5) is 0 Å². The Kier molecular flexibility index (Phi) is 4.54. The summed E-state index contributed by atoms with van der Waals surface area (Å²) in [5, 5.41) is 9.49. The van der Waals surface area contributed by atoms with E-state index in [9.17, 15) is 4.79 Å². The fraction of sp³-hybridized carbons (Fsp3) is 0.182. The normalized spacial score (nSPS) is 9.20. The van der Waals surface area contributed by atoms with Crippen LogP contribution in [0.25, 0.3) is 0 Å². The van der Waals surface area contributed by atoms with E-state index in [1.807, 2.05) is 0 Å². The predicted molar refractivity (Wildman–Crippen MR) is 63.1 cm³/mol. The summed E-state index contributed by atoms with van der Waals surface area (Å²) in [7, 11) is 0. The van der Waals surface area contributed by atoms with Gasteiger partial charge in [-0.2, -0.15) is 0 Å². The zero-order valence-electron chi connectivity index (χ0n) is 8.08. The Morgan fingerprint density at radius 3 is 2.93 bits per heavy atom. The number of phenolic OH excluding ortho intramolecular Hbond substituents is 1. The third-order valence-electron chi connectivity index (χ3n) is 1.53. The number of carbonyl (C=O) groups excluding carboxylic acids is 1. The van der Waals surface area contributed by atoms with Gasteiger partial charge in [0, 0.05) is 12.5 Å². The van der Waals surface area contributed by atoms with Gasteiger partial charge in [-0.25, -0.2) is 0 Å². The van der Waals surface area contributed by atoms with Crippen LogP contribution in [0.2, 0.25) is 5.02 Å². The second-order valence-electron chi connectivity index (χ2n) is 2.75. The van der Waals surface area contributed by atoms with Gasteiger partial charge in [0.15, 0.2) is 5.12 Å². The molecule has 15 heavy (non-hydrogen) atoms. The first-order chi connectivity index (χ1) is 7.09. The van der Waals surface area contributed by atoms with E-state index in [0.717, 1.165) is 17.3 Å². The standard InChI is InChI=1S/C11H9ClO2S/c1-8(13)15-6-2-3-9-4-5-11(14)10(12)7-9/h4-5,7,14H,6H2,1H3. The van der Waals surface area contributed by atoms with Crippen LogP contribution in [0.1, 0.15) is 12.5 Å². The predicted octanol–water partition coefficient (Wildman–Crippen LogP) is 2.68. The van der Waals surface area contributed by atoms with Gasteiger partial charge in [0.2, 0.25) is 0 Å². The van der Waals surface area contributed by atoms with Gasteiger partial charge in [0.1, 0.15) is 5.75 Å². The van der Waals surface area contributed by atoms with Gasteiger partial charge in [0.05, 0.1) is 10.8 Å². The van der Waals surface area contributed by atoms with Crippen molar-refractivity contribution in [3.63, 3.8) is 0 Å². The summed E-state index contributed by atoms with van der Waals surface area (Å²) >= 11 is 6.86. The summed E-state index contributed by atoms with van der Waals surface area (Å²) in [5.74, 6) is 6.19. The highest BCUT2D eigenvalue weighted by Crippen LogP contribution is 2.23. The third-order valence-corrected chi connectivity index (χ3v) is 2.53. The second-order valence-corrected chi connectivity index (χ2v) is 4.31. The van der Waals surface area contributed by atoms with Gasteiger partial charge in [-0.3, -0.25) is 4.79 Å². The van der Waals surface area contributed by atoms with Crippen molar-refractivity contribution >= 4 is 28.5 Å². The van der Waals surface area contributed by atoms with Crippen LogP contribution < -0.4 is 0 Å². The highest BCUT2D eigenvalue weighted by Gasteiger charge is 1.97. The molecule has 0 aromatic heterocycles. The lowest BCUT2D eigenvalue weighted by molar-refractivity contribution is -0.109. The maximum absolute atomic E-state index is 10.6. The molecule has 2 nitrogen and oxygen atoms in total. The number of rotatable bonds is 1. The maximum atomic E-state index is 10.6. The quantitative estimate of drug-likeness (QED) is 0.767. The van der Waals surface area contributed by atoms with Gasteiger partial charge in [-0.05, 0) is 18.2 Å². The Morgan fingerprint density at radius 2 is 2.33 bits per heavy atom. The van der Waals surface area contributed by atoms with Gasteiger partial charge in [-0.1, -0.05) is 35.2 Å². The van der Waals surface area contributed by atoms with Crippen LogP contribution in [0, 0.1) is 11.8 Å². The van der Waals surface area contributed by atoms with Gasteiger partial charge in [0.25, 0.3) is 0 Å². The van der Waals surface area contributed by atoms with Crippen LogP contribution in [-0.2, 0) is 4.79 Å². The van der Waals surface area contributed by atoms with Crippen molar-refractivity contribution in [3.05, 3.63) is 28.8 Å². The molecule has 1 rings (SSSR count). The molecule has 0 amide bonds. The lowest BCUT2D eigenvalue weighted by Gasteiger charge is -1.95. The lowest BCUT2D eigenvalue weighted by atomic mass is 10.2. The molecular formula is C11H9ClO2S. The number of thioether (sulfide) groups is 1. The summed E-state index contributed by atoms with van der Waals surface area (Å²) < 4.78 is 0. The van der Waals surface area contributed by atoms with Crippen LogP contribution in [0.3, 0.4) is 0 Å². The Morgan fingerprint density at radius 1 is 1.60 bits per heavy atom. The zero-order chi connectivity index (χ0) is 11.3. The number of benzene rings is 1. The van der Waals surface area contributed by atoms with Crippen molar-refractivity contribution < 1.29 is 9.90 Å². The fourth-order valence-electron chi connectivity index (χ4n) is 0.861. The average Bonchev–Trinajstić information content (AvgIpc) is 2.18. The molecule has 0 saturated carbocycles. The Bertz CT molecular complexity index is 432. The third kappa shape index (κ3) is 4.28. The monoisotopic (exact) mass is 240 g/mol. The molecule has 0 radical (unpaired) electrons. The van der Waals surface area contributed by atoms with E-state index in [2.05, 4.69) is 11.8 Å². The highest BCUT2D eigenvalue weighted by atomic mass is 35.5. The van der Waals surface area contributed by atoms with E-state index >= 15 is 0 Å². The summed E-state index contributed by atoms with van der Waals surface area (Å²) in [6, 6.07) is 4.75. The minimum Gasteiger partial charge on any atom is -0.506 e. The number of carbonyl (C=O) groups is 1. The summed E-state index contributed by atoms with van der Waals surface area (Å²) in [6.45, 7) is 1.50. The molecule has 0 heterocycles. The summed E-state index contributed by atoms with van der Waals surface area (Å²) in [4.78, 5) is 10.6. The maximum Gasteiger partial charge on any atom is 0.186 e. The van der Waals surface area contributed by atoms with Gasteiger partial charge in [-0.15, -0.1) is 0 Å².